The van der Waals surface area contributed by atoms with E-state index in [0.29, 0.717) is 23.4 Å². The van der Waals surface area contributed by atoms with Gasteiger partial charge < -0.3 is 4.74 Å². The summed E-state index contributed by atoms with van der Waals surface area (Å²) in [5, 5.41) is 0. The lowest BCUT2D eigenvalue weighted by Crippen LogP contribution is -2.47. The summed E-state index contributed by atoms with van der Waals surface area (Å²) < 4.78 is 19.8. The molecule has 0 radical (unpaired) electrons. The first kappa shape index (κ1) is 14.9. The van der Waals surface area contributed by atoms with E-state index < -0.39 is 0 Å². The van der Waals surface area contributed by atoms with Crippen LogP contribution >= 0.6 is 15.9 Å². The number of hydrazine groups is 1. The van der Waals surface area contributed by atoms with Gasteiger partial charge in [0.15, 0.2) is 0 Å². The van der Waals surface area contributed by atoms with Gasteiger partial charge in [-0.15, -0.1) is 0 Å². The van der Waals surface area contributed by atoms with E-state index in [-0.39, 0.29) is 18.0 Å². The molecule has 0 amide bonds. The van der Waals surface area contributed by atoms with Gasteiger partial charge in [-0.2, -0.15) is 0 Å². The van der Waals surface area contributed by atoms with Crippen molar-refractivity contribution in [3.63, 3.8) is 0 Å². The maximum absolute atomic E-state index is 13.5. The molecule has 1 aromatic rings. The zero-order valence-electron chi connectivity index (χ0n) is 11.0. The molecule has 3 nitrogen and oxygen atoms in total. The van der Waals surface area contributed by atoms with Gasteiger partial charge in [0, 0.05) is 6.61 Å². The summed E-state index contributed by atoms with van der Waals surface area (Å²) in [6.07, 6.45) is 3.13. The molecular weight excluding hydrogens is 311 g/mol. The van der Waals surface area contributed by atoms with Crippen LogP contribution in [0.2, 0.25) is 0 Å². The molecule has 19 heavy (non-hydrogen) atoms. The van der Waals surface area contributed by atoms with Crippen LogP contribution in [0, 0.1) is 11.7 Å². The molecule has 0 spiro atoms. The molecule has 1 aromatic carbocycles. The highest BCUT2D eigenvalue weighted by Crippen LogP contribution is 2.36. The third-order valence-electron chi connectivity index (χ3n) is 3.53. The van der Waals surface area contributed by atoms with E-state index in [2.05, 4.69) is 21.4 Å². The van der Waals surface area contributed by atoms with Gasteiger partial charge in [0.25, 0.3) is 0 Å². The van der Waals surface area contributed by atoms with Crippen LogP contribution in [0.4, 0.5) is 4.39 Å². The molecule has 1 fully saturated rings. The molecule has 0 aromatic heterocycles. The Balaban J connectivity index is 2.10. The summed E-state index contributed by atoms with van der Waals surface area (Å²) in [4.78, 5) is 0. The predicted octanol–water partition coefficient (Wildman–Crippen LogP) is 2.78. The van der Waals surface area contributed by atoms with Gasteiger partial charge in [0.1, 0.15) is 5.82 Å². The largest absolute Gasteiger partial charge is 0.377 e. The summed E-state index contributed by atoms with van der Waals surface area (Å²) >= 11 is 3.29. The van der Waals surface area contributed by atoms with Crippen molar-refractivity contribution in [2.75, 3.05) is 6.61 Å². The lowest BCUT2D eigenvalue weighted by molar-refractivity contribution is 0.0191. The van der Waals surface area contributed by atoms with Crippen LogP contribution in [-0.4, -0.2) is 18.8 Å². The number of hydrogen-bond donors (Lipinski definition) is 2. The Morgan fingerprint density at radius 1 is 1.53 bits per heavy atom. The Bertz CT molecular complexity index is 426. The zero-order chi connectivity index (χ0) is 13.8. The van der Waals surface area contributed by atoms with Crippen LogP contribution in [0.15, 0.2) is 22.7 Å². The Kier molecular flexibility index (Phi) is 5.33. The number of halogens is 2. The van der Waals surface area contributed by atoms with Crippen molar-refractivity contribution in [1.29, 1.82) is 0 Å². The van der Waals surface area contributed by atoms with Gasteiger partial charge in [-0.3, -0.25) is 11.3 Å². The molecule has 3 N–H and O–H groups in total. The summed E-state index contributed by atoms with van der Waals surface area (Å²) in [6, 6.07) is 5.08. The van der Waals surface area contributed by atoms with Crippen molar-refractivity contribution >= 4 is 15.9 Å². The molecular formula is C14H20BrFN2O. The van der Waals surface area contributed by atoms with Crippen LogP contribution < -0.4 is 11.3 Å². The van der Waals surface area contributed by atoms with E-state index in [9.17, 15) is 4.39 Å². The molecule has 2 rings (SSSR count). The van der Waals surface area contributed by atoms with Crippen LogP contribution in [0.3, 0.4) is 0 Å². The molecule has 0 heterocycles. The average molecular weight is 331 g/mol. The highest BCUT2D eigenvalue weighted by Gasteiger charge is 2.37. The summed E-state index contributed by atoms with van der Waals surface area (Å²) in [7, 11) is 0. The molecule has 0 aliphatic heterocycles. The molecule has 1 aliphatic carbocycles. The number of benzene rings is 1. The first-order valence-electron chi connectivity index (χ1n) is 6.68. The molecule has 0 saturated heterocycles. The number of rotatable bonds is 7. The molecule has 1 aliphatic rings. The average Bonchev–Trinajstić information content (AvgIpc) is 3.23. The summed E-state index contributed by atoms with van der Waals surface area (Å²) in [6.45, 7) is 2.66. The van der Waals surface area contributed by atoms with E-state index in [1.807, 2.05) is 13.0 Å². The second-order valence-electron chi connectivity index (χ2n) is 4.95. The van der Waals surface area contributed by atoms with E-state index in [0.717, 1.165) is 5.56 Å². The first-order chi connectivity index (χ1) is 9.17. The van der Waals surface area contributed by atoms with Crippen molar-refractivity contribution in [2.24, 2.45) is 11.8 Å². The lowest BCUT2D eigenvalue weighted by atomic mass is 9.98. The van der Waals surface area contributed by atoms with Gasteiger partial charge in [0.2, 0.25) is 0 Å². The fourth-order valence-corrected chi connectivity index (χ4v) is 2.84. The van der Waals surface area contributed by atoms with Gasteiger partial charge >= 0.3 is 0 Å². The second-order valence-corrected chi connectivity index (χ2v) is 5.74. The fraction of sp³-hybridized carbons (Fsp3) is 0.571. The maximum Gasteiger partial charge on any atom is 0.137 e. The summed E-state index contributed by atoms with van der Waals surface area (Å²) in [5.74, 6) is 6.00. The minimum absolute atomic E-state index is 0.00514. The normalized spacial score (nSPS) is 18.3. The second kappa shape index (κ2) is 6.79. The molecule has 1 saturated carbocycles. The van der Waals surface area contributed by atoms with Crippen molar-refractivity contribution in [2.45, 2.75) is 38.3 Å². The standard InChI is InChI=1S/C14H20BrFN2O/c1-2-19-14(9-6-7-9)12(18-17)8-10-4-3-5-11(16)13(10)15/h3-5,9,12,14,18H,2,6-8,17H2,1H3. The van der Waals surface area contributed by atoms with E-state index in [4.69, 9.17) is 10.6 Å². The highest BCUT2D eigenvalue weighted by atomic mass is 79.9. The van der Waals surface area contributed by atoms with Crippen molar-refractivity contribution < 1.29 is 9.13 Å². The van der Waals surface area contributed by atoms with E-state index in [1.165, 1.54) is 18.9 Å². The number of nitrogens with two attached hydrogens (primary N) is 1. The Hall–Kier alpha value is -0.490. The van der Waals surface area contributed by atoms with Crippen molar-refractivity contribution in [1.82, 2.24) is 5.43 Å². The van der Waals surface area contributed by atoms with Crippen molar-refractivity contribution in [3.05, 3.63) is 34.1 Å². The molecule has 2 atom stereocenters. The Morgan fingerprint density at radius 2 is 2.26 bits per heavy atom. The Labute approximate surface area is 121 Å². The molecule has 2 unspecified atom stereocenters. The Morgan fingerprint density at radius 3 is 2.84 bits per heavy atom. The third kappa shape index (κ3) is 3.75. The predicted molar refractivity (Wildman–Crippen MR) is 77.1 cm³/mol. The highest BCUT2D eigenvalue weighted by molar-refractivity contribution is 9.10. The maximum atomic E-state index is 13.5. The molecule has 0 bridgehead atoms. The van der Waals surface area contributed by atoms with Crippen LogP contribution in [0.1, 0.15) is 25.3 Å². The van der Waals surface area contributed by atoms with Crippen LogP contribution in [-0.2, 0) is 11.2 Å². The fourth-order valence-electron chi connectivity index (χ4n) is 2.41. The third-order valence-corrected chi connectivity index (χ3v) is 4.42. The summed E-state index contributed by atoms with van der Waals surface area (Å²) in [5.41, 5.74) is 3.75. The smallest absolute Gasteiger partial charge is 0.137 e. The van der Waals surface area contributed by atoms with E-state index >= 15 is 0 Å². The van der Waals surface area contributed by atoms with Gasteiger partial charge in [-0.1, -0.05) is 12.1 Å². The van der Waals surface area contributed by atoms with Gasteiger partial charge in [-0.05, 0) is 59.7 Å². The topological polar surface area (TPSA) is 47.3 Å². The lowest BCUT2D eigenvalue weighted by Gasteiger charge is -2.27. The number of nitrogens with one attached hydrogen (secondary N) is 1. The number of ether oxygens (including phenoxy) is 1. The van der Waals surface area contributed by atoms with Crippen LogP contribution in [0.25, 0.3) is 0 Å². The molecule has 106 valence electrons. The van der Waals surface area contributed by atoms with Crippen molar-refractivity contribution in [3.8, 4) is 0 Å². The van der Waals surface area contributed by atoms with Gasteiger partial charge in [-0.25, -0.2) is 4.39 Å². The molecule has 5 heteroatoms. The minimum atomic E-state index is -0.243. The monoisotopic (exact) mass is 330 g/mol. The zero-order valence-corrected chi connectivity index (χ0v) is 12.6. The van der Waals surface area contributed by atoms with Crippen LogP contribution in [0.5, 0.6) is 0 Å². The first-order valence-corrected chi connectivity index (χ1v) is 7.47. The number of hydrogen-bond acceptors (Lipinski definition) is 3. The quantitative estimate of drug-likeness (QED) is 0.597. The SMILES string of the molecule is CCOC(C1CC1)C(Cc1cccc(F)c1Br)NN. The van der Waals surface area contributed by atoms with Gasteiger partial charge in [0.05, 0.1) is 16.6 Å². The minimum Gasteiger partial charge on any atom is -0.377 e. The van der Waals surface area contributed by atoms with E-state index in [1.54, 1.807) is 6.07 Å².